The average Bonchev–Trinajstić information content (AvgIpc) is 2.95. The smallest absolute Gasteiger partial charge is 0.308 e. The van der Waals surface area contributed by atoms with Crippen LogP contribution in [0.15, 0.2) is 12.1 Å². The molecule has 0 saturated heterocycles. The second-order valence-corrected chi connectivity index (χ2v) is 6.24. The fourth-order valence-electron chi connectivity index (χ4n) is 3.14. The predicted octanol–water partition coefficient (Wildman–Crippen LogP) is 2.02. The zero-order chi connectivity index (χ0) is 16.4. The number of benzene rings is 1. The van der Waals surface area contributed by atoms with Crippen LogP contribution in [0.3, 0.4) is 0 Å². The van der Waals surface area contributed by atoms with Gasteiger partial charge in [0.15, 0.2) is 11.5 Å². The van der Waals surface area contributed by atoms with Gasteiger partial charge >= 0.3 is 5.97 Å². The van der Waals surface area contributed by atoms with Gasteiger partial charge in [-0.25, -0.2) is 0 Å². The molecule has 0 spiro atoms. The van der Waals surface area contributed by atoms with E-state index in [0.717, 1.165) is 6.42 Å². The molecule has 1 aromatic carbocycles. The molecule has 124 valence electrons. The predicted molar refractivity (Wildman–Crippen MR) is 83.1 cm³/mol. The highest BCUT2D eigenvalue weighted by atomic mass is 35.5. The van der Waals surface area contributed by atoms with Crippen LogP contribution < -0.4 is 14.8 Å². The van der Waals surface area contributed by atoms with E-state index < -0.39 is 11.9 Å². The summed E-state index contributed by atoms with van der Waals surface area (Å²) in [4.78, 5) is 23.4. The fraction of sp³-hybridized carbons (Fsp3) is 0.500. The first-order chi connectivity index (χ1) is 11.0. The van der Waals surface area contributed by atoms with E-state index in [9.17, 15) is 9.59 Å². The molecule has 1 heterocycles. The van der Waals surface area contributed by atoms with Crippen LogP contribution in [-0.2, 0) is 16.0 Å². The number of carboxylic acid groups (broad SMARTS) is 1. The molecule has 0 bridgehead atoms. The Labute approximate surface area is 138 Å². The van der Waals surface area contributed by atoms with Gasteiger partial charge in [0.2, 0.25) is 5.91 Å². The number of carbonyl (C=O) groups is 2. The topological polar surface area (TPSA) is 84.9 Å². The van der Waals surface area contributed by atoms with Crippen molar-refractivity contribution in [3.05, 3.63) is 22.7 Å². The third kappa shape index (κ3) is 3.52. The number of amides is 1. The molecular weight excluding hydrogens is 322 g/mol. The van der Waals surface area contributed by atoms with Crippen LogP contribution in [0.4, 0.5) is 0 Å². The number of hydrogen-bond donors (Lipinski definition) is 2. The summed E-state index contributed by atoms with van der Waals surface area (Å²) in [6, 6.07) is 3.12. The summed E-state index contributed by atoms with van der Waals surface area (Å²) in [5, 5.41) is 12.4. The molecule has 2 N–H and O–H groups in total. The van der Waals surface area contributed by atoms with Crippen molar-refractivity contribution in [3.8, 4) is 11.5 Å². The molecule has 0 aromatic heterocycles. The Hall–Kier alpha value is -1.95. The van der Waals surface area contributed by atoms with Gasteiger partial charge in [-0.15, -0.1) is 0 Å². The minimum atomic E-state index is -0.852. The third-order valence-corrected chi connectivity index (χ3v) is 4.48. The maximum Gasteiger partial charge on any atom is 0.308 e. The van der Waals surface area contributed by atoms with E-state index in [-0.39, 0.29) is 18.4 Å². The molecule has 1 saturated carbocycles. The van der Waals surface area contributed by atoms with Crippen LogP contribution in [0.2, 0.25) is 5.02 Å². The van der Waals surface area contributed by atoms with Crippen molar-refractivity contribution >= 4 is 23.5 Å². The fourth-order valence-corrected chi connectivity index (χ4v) is 3.43. The standard InChI is InChI=1S/C16H18ClNO5/c17-11-6-9(7-13-15(11)23-5-4-22-13)8-14(19)18-12-3-1-2-10(12)16(20)21/h6-7,10,12H,1-5,8H2,(H,18,19)(H,20,21)/t10-,12+/m1/s1. The van der Waals surface area contributed by atoms with Gasteiger partial charge in [-0.1, -0.05) is 18.0 Å². The van der Waals surface area contributed by atoms with Crippen LogP contribution in [0, 0.1) is 5.92 Å². The quantitative estimate of drug-likeness (QED) is 0.876. The molecule has 1 aromatic rings. The lowest BCUT2D eigenvalue weighted by molar-refractivity contribution is -0.142. The second-order valence-electron chi connectivity index (χ2n) is 5.83. The Morgan fingerprint density at radius 3 is 2.83 bits per heavy atom. The molecule has 1 amide bonds. The van der Waals surface area contributed by atoms with E-state index in [1.54, 1.807) is 12.1 Å². The Bertz CT molecular complexity index is 633. The molecule has 23 heavy (non-hydrogen) atoms. The van der Waals surface area contributed by atoms with Crippen molar-refractivity contribution in [2.75, 3.05) is 13.2 Å². The largest absolute Gasteiger partial charge is 0.486 e. The number of ether oxygens (including phenoxy) is 2. The Balaban J connectivity index is 1.66. The summed E-state index contributed by atoms with van der Waals surface area (Å²) >= 11 is 6.15. The maximum absolute atomic E-state index is 12.2. The molecule has 2 aliphatic rings. The summed E-state index contributed by atoms with van der Waals surface area (Å²) in [5.41, 5.74) is 0.710. The Kier molecular flexibility index (Phi) is 4.61. The molecule has 1 aliphatic heterocycles. The van der Waals surface area contributed by atoms with Gasteiger partial charge in [0, 0.05) is 6.04 Å². The van der Waals surface area contributed by atoms with E-state index in [0.29, 0.717) is 48.1 Å². The van der Waals surface area contributed by atoms with E-state index in [1.165, 1.54) is 0 Å². The van der Waals surface area contributed by atoms with E-state index >= 15 is 0 Å². The first-order valence-corrected chi connectivity index (χ1v) is 8.02. The van der Waals surface area contributed by atoms with Gasteiger partial charge in [-0.3, -0.25) is 9.59 Å². The third-order valence-electron chi connectivity index (χ3n) is 4.20. The van der Waals surface area contributed by atoms with Gasteiger partial charge in [-0.05, 0) is 30.5 Å². The van der Waals surface area contributed by atoms with Crippen molar-refractivity contribution in [3.63, 3.8) is 0 Å². The minimum absolute atomic E-state index is 0.124. The number of rotatable bonds is 4. The van der Waals surface area contributed by atoms with Crippen molar-refractivity contribution in [1.29, 1.82) is 0 Å². The summed E-state index contributed by atoms with van der Waals surface area (Å²) < 4.78 is 10.9. The van der Waals surface area contributed by atoms with Crippen LogP contribution in [-0.4, -0.2) is 36.2 Å². The summed E-state index contributed by atoms with van der Waals surface area (Å²) in [7, 11) is 0. The van der Waals surface area contributed by atoms with Crippen molar-refractivity contribution in [2.45, 2.75) is 31.7 Å². The second kappa shape index (κ2) is 6.66. The van der Waals surface area contributed by atoms with Crippen LogP contribution in [0.1, 0.15) is 24.8 Å². The first kappa shape index (κ1) is 15.9. The summed E-state index contributed by atoms with van der Waals surface area (Å²) in [5.74, 6) is -0.520. The van der Waals surface area contributed by atoms with E-state index in [4.69, 9.17) is 26.2 Å². The number of halogens is 1. The van der Waals surface area contributed by atoms with Gasteiger partial charge in [0.05, 0.1) is 17.4 Å². The number of aliphatic carboxylic acids is 1. The van der Waals surface area contributed by atoms with Gasteiger partial charge < -0.3 is 19.9 Å². The lowest BCUT2D eigenvalue weighted by Gasteiger charge is -2.21. The number of fused-ring (bicyclic) bond motifs is 1. The maximum atomic E-state index is 12.2. The number of carbonyl (C=O) groups excluding carboxylic acids is 1. The molecular formula is C16H18ClNO5. The molecule has 7 heteroatoms. The molecule has 0 unspecified atom stereocenters. The van der Waals surface area contributed by atoms with Gasteiger partial charge in [0.1, 0.15) is 13.2 Å². The molecule has 6 nitrogen and oxygen atoms in total. The highest BCUT2D eigenvalue weighted by Crippen LogP contribution is 2.38. The number of nitrogens with one attached hydrogen (secondary N) is 1. The SMILES string of the molecule is O=C(Cc1cc(Cl)c2c(c1)OCCO2)N[C@H]1CCC[C@H]1C(=O)O. The minimum Gasteiger partial charge on any atom is -0.486 e. The summed E-state index contributed by atoms with van der Waals surface area (Å²) in [6.07, 6.45) is 2.25. The molecule has 1 aliphatic carbocycles. The highest BCUT2D eigenvalue weighted by molar-refractivity contribution is 6.32. The lowest BCUT2D eigenvalue weighted by Crippen LogP contribution is -2.40. The first-order valence-electron chi connectivity index (χ1n) is 7.65. The molecule has 2 atom stereocenters. The van der Waals surface area contributed by atoms with E-state index in [1.807, 2.05) is 0 Å². The lowest BCUT2D eigenvalue weighted by atomic mass is 10.0. The van der Waals surface area contributed by atoms with Crippen LogP contribution in [0.25, 0.3) is 0 Å². The highest BCUT2D eigenvalue weighted by Gasteiger charge is 2.33. The van der Waals surface area contributed by atoms with Crippen molar-refractivity contribution in [1.82, 2.24) is 5.32 Å². The summed E-state index contributed by atoms with van der Waals surface area (Å²) in [6.45, 7) is 0.895. The van der Waals surface area contributed by atoms with Gasteiger partial charge in [-0.2, -0.15) is 0 Å². The van der Waals surface area contributed by atoms with Crippen LogP contribution in [0.5, 0.6) is 11.5 Å². The zero-order valence-electron chi connectivity index (χ0n) is 12.5. The van der Waals surface area contributed by atoms with Gasteiger partial charge in [0.25, 0.3) is 0 Å². The average molecular weight is 340 g/mol. The molecule has 3 rings (SSSR count). The molecule has 0 radical (unpaired) electrons. The van der Waals surface area contributed by atoms with E-state index in [2.05, 4.69) is 5.32 Å². The number of carboxylic acids is 1. The molecule has 1 fully saturated rings. The van der Waals surface area contributed by atoms with Crippen molar-refractivity contribution < 1.29 is 24.2 Å². The number of hydrogen-bond acceptors (Lipinski definition) is 4. The zero-order valence-corrected chi connectivity index (χ0v) is 13.3. The van der Waals surface area contributed by atoms with Crippen LogP contribution >= 0.6 is 11.6 Å². The normalized spacial score (nSPS) is 22.7. The van der Waals surface area contributed by atoms with Crippen molar-refractivity contribution in [2.24, 2.45) is 5.92 Å². The monoisotopic (exact) mass is 339 g/mol. The Morgan fingerprint density at radius 1 is 1.26 bits per heavy atom. The Morgan fingerprint density at radius 2 is 2.04 bits per heavy atom.